The summed E-state index contributed by atoms with van der Waals surface area (Å²) in [4.78, 5) is 13.0. The zero-order valence-electron chi connectivity index (χ0n) is 18.0. The van der Waals surface area contributed by atoms with E-state index >= 15 is 0 Å². The quantitative estimate of drug-likeness (QED) is 0.386. The molecule has 5 nitrogen and oxygen atoms in total. The van der Waals surface area contributed by atoms with E-state index in [-0.39, 0.29) is 23.1 Å². The number of nitrogens with zero attached hydrogens (tertiary/aromatic N) is 1. The molecule has 1 heterocycles. The van der Waals surface area contributed by atoms with Gasteiger partial charge >= 0.3 is 0 Å². The van der Waals surface area contributed by atoms with E-state index in [0.717, 1.165) is 22.3 Å². The van der Waals surface area contributed by atoms with E-state index in [1.807, 2.05) is 31.2 Å². The first kappa shape index (κ1) is 22.2. The number of Topliss-reactive ketones (excluding diaryl/α,β-unsaturated/α-hetero) is 1. The van der Waals surface area contributed by atoms with Gasteiger partial charge in [-0.1, -0.05) is 47.7 Å². The number of carbonyl (C=O) groups is 1. The minimum atomic E-state index is -3.59. The molecule has 1 fully saturated rings. The Morgan fingerprint density at radius 2 is 1.88 bits per heavy atom. The number of ether oxygens (including phenoxy) is 1. The van der Waals surface area contributed by atoms with Gasteiger partial charge in [0.25, 0.3) is 0 Å². The Morgan fingerprint density at radius 3 is 2.56 bits per heavy atom. The van der Waals surface area contributed by atoms with E-state index in [0.29, 0.717) is 31.8 Å². The monoisotopic (exact) mass is 447 g/mol. The second kappa shape index (κ2) is 9.25. The highest BCUT2D eigenvalue weighted by Crippen LogP contribution is 2.41. The van der Waals surface area contributed by atoms with Crippen molar-refractivity contribution in [1.82, 2.24) is 4.31 Å². The Kier molecular flexibility index (Phi) is 6.43. The summed E-state index contributed by atoms with van der Waals surface area (Å²) in [5, 5.41) is 0. The Morgan fingerprint density at radius 1 is 1.16 bits per heavy atom. The first-order valence-electron chi connectivity index (χ1n) is 10.5. The molecule has 2 aromatic rings. The van der Waals surface area contributed by atoms with Crippen LogP contribution >= 0.6 is 0 Å². The summed E-state index contributed by atoms with van der Waals surface area (Å²) in [6, 6.07) is 14.4. The number of ketones is 1. The van der Waals surface area contributed by atoms with Gasteiger partial charge in [0.05, 0.1) is 11.5 Å². The van der Waals surface area contributed by atoms with Gasteiger partial charge in [0, 0.05) is 36.6 Å². The minimum absolute atomic E-state index is 0.0563. The first-order valence-corrected chi connectivity index (χ1v) is 11.9. The van der Waals surface area contributed by atoms with Crippen LogP contribution in [0.3, 0.4) is 0 Å². The largest absolute Gasteiger partial charge is 0.365 e. The number of allylic oxidation sites excluding steroid dienone is 1. The number of fused-ring (bicyclic) bond motifs is 1. The highest BCUT2D eigenvalue weighted by atomic mass is 32.2. The number of hydrogen-bond acceptors (Lipinski definition) is 4. The molecule has 164 valence electrons. The maximum absolute atomic E-state index is 13.1. The second-order valence-corrected chi connectivity index (χ2v) is 9.96. The van der Waals surface area contributed by atoms with E-state index in [9.17, 15) is 13.2 Å². The smallest absolute Gasteiger partial charge is 0.243 e. The number of sulfonamides is 1. The van der Waals surface area contributed by atoms with E-state index in [4.69, 9.17) is 4.74 Å². The number of aryl methyl sites for hydroxylation is 1. The number of benzene rings is 2. The van der Waals surface area contributed by atoms with Crippen LogP contribution in [-0.2, 0) is 19.6 Å². The van der Waals surface area contributed by atoms with Gasteiger partial charge in [0.15, 0.2) is 5.78 Å². The lowest BCUT2D eigenvalue weighted by atomic mass is 9.99. The molecule has 1 aliphatic carbocycles. The van der Waals surface area contributed by atoms with Crippen molar-refractivity contribution in [3.05, 3.63) is 83.4 Å². The topological polar surface area (TPSA) is 63.7 Å². The van der Waals surface area contributed by atoms with Gasteiger partial charge in [0.1, 0.15) is 6.61 Å². The molecule has 0 amide bonds. The van der Waals surface area contributed by atoms with Crippen molar-refractivity contribution >= 4 is 21.4 Å². The lowest BCUT2D eigenvalue weighted by Crippen LogP contribution is -2.29. The van der Waals surface area contributed by atoms with E-state index in [2.05, 4.69) is 18.4 Å². The summed E-state index contributed by atoms with van der Waals surface area (Å²) in [5.41, 5.74) is 4.23. The molecule has 2 aromatic carbocycles. The van der Waals surface area contributed by atoms with Crippen LogP contribution in [0.5, 0.6) is 0 Å². The summed E-state index contributed by atoms with van der Waals surface area (Å²) in [6.45, 7) is 6.90. The number of hydrogen-bond donors (Lipinski definition) is 0. The average molecular weight is 448 g/mol. The lowest BCUT2D eigenvalue weighted by molar-refractivity contribution is -0.113. The number of carbonyl (C=O) groups excluding carboxylic acids is 1. The molecule has 0 saturated carbocycles. The summed E-state index contributed by atoms with van der Waals surface area (Å²) in [7, 11) is -3.59. The zero-order valence-corrected chi connectivity index (χ0v) is 18.8. The van der Waals surface area contributed by atoms with E-state index in [1.165, 1.54) is 4.31 Å². The van der Waals surface area contributed by atoms with Crippen molar-refractivity contribution in [3.8, 4) is 11.8 Å². The Labute approximate surface area is 189 Å². The van der Waals surface area contributed by atoms with Gasteiger partial charge in [-0.2, -0.15) is 4.31 Å². The fourth-order valence-electron chi connectivity index (χ4n) is 4.16. The van der Waals surface area contributed by atoms with Gasteiger partial charge in [0.2, 0.25) is 10.0 Å². The van der Waals surface area contributed by atoms with Crippen molar-refractivity contribution in [2.45, 2.75) is 18.2 Å². The molecule has 0 spiro atoms. The Balaban J connectivity index is 1.55. The third-order valence-corrected chi connectivity index (χ3v) is 7.60. The van der Waals surface area contributed by atoms with Gasteiger partial charge < -0.3 is 4.74 Å². The lowest BCUT2D eigenvalue weighted by Gasteiger charge is -2.17. The van der Waals surface area contributed by atoms with Gasteiger partial charge in [-0.15, -0.1) is 6.58 Å². The molecule has 32 heavy (non-hydrogen) atoms. The van der Waals surface area contributed by atoms with Crippen LogP contribution in [0, 0.1) is 24.7 Å². The van der Waals surface area contributed by atoms with Gasteiger partial charge in [-0.05, 0) is 42.3 Å². The van der Waals surface area contributed by atoms with Crippen LogP contribution in [0.2, 0.25) is 0 Å². The van der Waals surface area contributed by atoms with Crippen LogP contribution in [0.15, 0.2) is 71.7 Å². The summed E-state index contributed by atoms with van der Waals surface area (Å²) in [5.74, 6) is 5.99. The van der Waals surface area contributed by atoms with Crippen molar-refractivity contribution in [1.29, 1.82) is 0 Å². The predicted molar refractivity (Wildman–Crippen MR) is 124 cm³/mol. The normalized spacial score (nSPS) is 18.4. The fourth-order valence-corrected chi connectivity index (χ4v) is 5.62. The summed E-state index contributed by atoms with van der Waals surface area (Å²) >= 11 is 0. The molecule has 0 aromatic heterocycles. The third kappa shape index (κ3) is 4.46. The molecule has 6 heteroatoms. The van der Waals surface area contributed by atoms with Crippen molar-refractivity contribution in [2.75, 3.05) is 26.3 Å². The molecule has 2 aliphatic rings. The molecule has 0 radical (unpaired) electrons. The van der Waals surface area contributed by atoms with E-state index in [1.54, 1.807) is 30.3 Å². The average Bonchev–Trinajstić information content (AvgIpc) is 3.32. The van der Waals surface area contributed by atoms with E-state index < -0.39 is 10.0 Å². The molecule has 0 N–H and O–H groups in total. The van der Waals surface area contributed by atoms with Gasteiger partial charge in [-0.25, -0.2) is 8.42 Å². The SMILES string of the molecule is C=CCOCC#Cc1ccc(C2=C3CN(S(=O)(=O)c4ccc(C)cc4)C[C@@H]3CC2=O)cc1. The molecule has 1 atom stereocenters. The minimum Gasteiger partial charge on any atom is -0.365 e. The Hall–Kier alpha value is -2.98. The number of rotatable bonds is 6. The highest BCUT2D eigenvalue weighted by molar-refractivity contribution is 7.89. The fraction of sp³-hybridized carbons (Fsp3) is 0.269. The van der Waals surface area contributed by atoms with Crippen LogP contribution < -0.4 is 0 Å². The molecular weight excluding hydrogens is 422 g/mol. The van der Waals surface area contributed by atoms with Crippen molar-refractivity contribution in [3.63, 3.8) is 0 Å². The maximum atomic E-state index is 13.1. The highest BCUT2D eigenvalue weighted by Gasteiger charge is 2.43. The summed E-state index contributed by atoms with van der Waals surface area (Å²) in [6.07, 6.45) is 2.03. The molecule has 1 aliphatic heterocycles. The summed E-state index contributed by atoms with van der Waals surface area (Å²) < 4.78 is 32.9. The molecule has 0 bridgehead atoms. The molecule has 0 unspecified atom stereocenters. The van der Waals surface area contributed by atoms with Crippen LogP contribution in [0.1, 0.15) is 23.1 Å². The molecule has 1 saturated heterocycles. The molecule has 4 rings (SSSR count). The predicted octanol–water partition coefficient (Wildman–Crippen LogP) is 3.60. The third-order valence-electron chi connectivity index (χ3n) is 5.77. The van der Waals surface area contributed by atoms with Crippen molar-refractivity contribution in [2.24, 2.45) is 5.92 Å². The van der Waals surface area contributed by atoms with Crippen molar-refractivity contribution < 1.29 is 17.9 Å². The Bertz CT molecular complexity index is 1230. The molecular formula is C26H25NO4S. The van der Waals surface area contributed by atoms with Gasteiger partial charge in [-0.3, -0.25) is 4.79 Å². The van der Waals surface area contributed by atoms with Crippen LogP contribution in [-0.4, -0.2) is 44.8 Å². The zero-order chi connectivity index (χ0) is 22.7. The van der Waals surface area contributed by atoms with Crippen LogP contribution in [0.25, 0.3) is 5.57 Å². The maximum Gasteiger partial charge on any atom is 0.243 e. The second-order valence-electron chi connectivity index (χ2n) is 8.02. The van der Waals surface area contributed by atoms with Crippen LogP contribution in [0.4, 0.5) is 0 Å². The first-order chi connectivity index (χ1) is 15.4. The standard InChI is InChI=1S/C26H25NO4S/c1-3-14-31-15-4-5-20-8-10-21(11-9-20)26-24-18-27(17-22(24)16-25(26)28)32(29,30)23-12-6-19(2)7-13-23/h3,6-13,22H,1,14-18H2,2H3/t22-/m0/s1.